The van der Waals surface area contributed by atoms with Crippen LogP contribution in [0.25, 0.3) is 5.95 Å². The lowest BCUT2D eigenvalue weighted by molar-refractivity contribution is -0.141. The number of amides is 1. The van der Waals surface area contributed by atoms with Crippen LogP contribution >= 0.6 is 0 Å². The molecule has 3 aromatic rings. The van der Waals surface area contributed by atoms with E-state index in [1.54, 1.807) is 13.1 Å². The van der Waals surface area contributed by atoms with Gasteiger partial charge in [0.25, 0.3) is 11.9 Å². The number of hydrogen-bond donors (Lipinski definition) is 2. The summed E-state index contributed by atoms with van der Waals surface area (Å²) in [5, 5.41) is 16.6. The van der Waals surface area contributed by atoms with Gasteiger partial charge >= 0.3 is 5.97 Å². The van der Waals surface area contributed by atoms with Crippen LogP contribution in [0.2, 0.25) is 0 Å². The second kappa shape index (κ2) is 8.86. The topological polar surface area (TPSA) is 110 Å². The summed E-state index contributed by atoms with van der Waals surface area (Å²) in [5.74, 6) is -1.67. The molecule has 0 fully saturated rings. The second-order valence-electron chi connectivity index (χ2n) is 7.46. The van der Waals surface area contributed by atoms with Crippen LogP contribution in [0.15, 0.2) is 36.5 Å². The fourth-order valence-electron chi connectivity index (χ4n) is 3.16. The molecule has 2 heterocycles. The molecule has 2 aromatic heterocycles. The van der Waals surface area contributed by atoms with E-state index in [4.69, 9.17) is 0 Å². The molecule has 0 spiro atoms. The Kier molecular flexibility index (Phi) is 6.25. The lowest BCUT2D eigenvalue weighted by Gasteiger charge is -2.13. The highest BCUT2D eigenvalue weighted by molar-refractivity contribution is 5.95. The minimum atomic E-state index is -0.952. The third-order valence-electron chi connectivity index (χ3n) is 4.78. The highest BCUT2D eigenvalue weighted by Gasteiger charge is 2.21. The van der Waals surface area contributed by atoms with Crippen molar-refractivity contribution in [3.63, 3.8) is 0 Å². The predicted molar refractivity (Wildman–Crippen MR) is 112 cm³/mol. The molecule has 1 atom stereocenters. The molecular formula is C22H25N5O3. The maximum absolute atomic E-state index is 12.7. The third-order valence-corrected chi connectivity index (χ3v) is 4.78. The molecule has 0 aliphatic rings. The summed E-state index contributed by atoms with van der Waals surface area (Å²) in [6, 6.07) is 9.56. The van der Waals surface area contributed by atoms with Gasteiger partial charge in [-0.2, -0.15) is 5.10 Å². The van der Waals surface area contributed by atoms with Gasteiger partial charge in [0.15, 0.2) is 0 Å². The number of carbonyl (C=O) groups excluding carboxylic acids is 1. The first-order valence-electron chi connectivity index (χ1n) is 9.68. The van der Waals surface area contributed by atoms with Gasteiger partial charge in [0.1, 0.15) is 0 Å². The van der Waals surface area contributed by atoms with Crippen molar-refractivity contribution in [3.8, 4) is 5.95 Å². The van der Waals surface area contributed by atoms with E-state index in [1.807, 2.05) is 51.1 Å². The molecule has 8 heteroatoms. The zero-order chi connectivity index (χ0) is 21.8. The summed E-state index contributed by atoms with van der Waals surface area (Å²) in [5.41, 5.74) is 4.50. The molecule has 1 unspecified atom stereocenters. The normalized spacial score (nSPS) is 11.9. The van der Waals surface area contributed by atoms with Gasteiger partial charge in [-0.05, 0) is 45.7 Å². The predicted octanol–water partition coefficient (Wildman–Crippen LogP) is 2.57. The van der Waals surface area contributed by atoms with Crippen LogP contribution in [0.5, 0.6) is 0 Å². The van der Waals surface area contributed by atoms with E-state index in [0.29, 0.717) is 23.6 Å². The van der Waals surface area contributed by atoms with E-state index in [1.165, 1.54) is 4.68 Å². The number of aryl methyl sites for hydroxylation is 4. The summed E-state index contributed by atoms with van der Waals surface area (Å²) >= 11 is 0. The first kappa shape index (κ1) is 21.2. The van der Waals surface area contributed by atoms with Gasteiger partial charge in [-0.3, -0.25) is 9.59 Å². The summed E-state index contributed by atoms with van der Waals surface area (Å²) < 4.78 is 1.46. The fourth-order valence-corrected chi connectivity index (χ4v) is 3.16. The lowest BCUT2D eigenvalue weighted by atomic mass is 9.98. The monoisotopic (exact) mass is 407 g/mol. The fraction of sp³-hybridized carbons (Fsp3) is 0.318. The molecule has 2 N–H and O–H groups in total. The number of carbonyl (C=O) groups is 2. The van der Waals surface area contributed by atoms with Crippen LogP contribution in [0, 0.1) is 33.6 Å². The molecule has 1 aromatic carbocycles. The molecular weight excluding hydrogens is 382 g/mol. The second-order valence-corrected chi connectivity index (χ2v) is 7.46. The summed E-state index contributed by atoms with van der Waals surface area (Å²) in [7, 11) is 0. The highest BCUT2D eigenvalue weighted by Crippen LogP contribution is 2.13. The third kappa shape index (κ3) is 5.08. The Bertz CT molecular complexity index is 1050. The van der Waals surface area contributed by atoms with Gasteiger partial charge in [-0.25, -0.2) is 14.6 Å². The maximum atomic E-state index is 12.7. The molecule has 0 bridgehead atoms. The van der Waals surface area contributed by atoms with Crippen molar-refractivity contribution in [1.29, 1.82) is 0 Å². The SMILES string of the molecule is Cc1ccc(CC(CNC(=O)c2cn(-c3nc(C)cc(C)n3)nc2C)C(=O)O)cc1. The van der Waals surface area contributed by atoms with Crippen molar-refractivity contribution >= 4 is 11.9 Å². The quantitative estimate of drug-likeness (QED) is 0.623. The van der Waals surface area contributed by atoms with Crippen LogP contribution < -0.4 is 5.32 Å². The molecule has 0 radical (unpaired) electrons. The van der Waals surface area contributed by atoms with Crippen LogP contribution in [-0.4, -0.2) is 43.3 Å². The van der Waals surface area contributed by atoms with Crippen LogP contribution in [0.1, 0.15) is 38.6 Å². The lowest BCUT2D eigenvalue weighted by Crippen LogP contribution is -2.34. The van der Waals surface area contributed by atoms with Crippen LogP contribution in [-0.2, 0) is 11.2 Å². The number of nitrogens with zero attached hydrogens (tertiary/aromatic N) is 4. The van der Waals surface area contributed by atoms with Crippen molar-refractivity contribution in [3.05, 3.63) is 70.3 Å². The Morgan fingerprint density at radius 1 is 1.07 bits per heavy atom. The summed E-state index contributed by atoms with van der Waals surface area (Å²) in [6.45, 7) is 7.44. The minimum Gasteiger partial charge on any atom is -0.481 e. The zero-order valence-electron chi connectivity index (χ0n) is 17.5. The molecule has 0 saturated carbocycles. The van der Waals surface area contributed by atoms with Gasteiger partial charge < -0.3 is 10.4 Å². The molecule has 30 heavy (non-hydrogen) atoms. The summed E-state index contributed by atoms with van der Waals surface area (Å²) in [4.78, 5) is 33.0. The number of aliphatic carboxylic acids is 1. The Balaban J connectivity index is 1.71. The first-order valence-corrected chi connectivity index (χ1v) is 9.68. The van der Waals surface area contributed by atoms with Gasteiger partial charge in [0, 0.05) is 24.1 Å². The van der Waals surface area contributed by atoms with E-state index in [2.05, 4.69) is 20.4 Å². The average molecular weight is 407 g/mol. The molecule has 1 amide bonds. The highest BCUT2D eigenvalue weighted by atomic mass is 16.4. The number of benzene rings is 1. The van der Waals surface area contributed by atoms with Gasteiger partial charge in [-0.1, -0.05) is 29.8 Å². The number of aromatic nitrogens is 4. The zero-order valence-corrected chi connectivity index (χ0v) is 17.5. The van der Waals surface area contributed by atoms with Crippen molar-refractivity contribution in [2.24, 2.45) is 5.92 Å². The number of nitrogens with one attached hydrogen (secondary N) is 1. The van der Waals surface area contributed by atoms with Crippen molar-refractivity contribution in [1.82, 2.24) is 25.1 Å². The maximum Gasteiger partial charge on any atom is 0.308 e. The number of carboxylic acids is 1. The molecule has 8 nitrogen and oxygen atoms in total. The Morgan fingerprint density at radius 2 is 1.70 bits per heavy atom. The Hall–Kier alpha value is -3.55. The molecule has 0 aliphatic carbocycles. The van der Waals surface area contributed by atoms with E-state index >= 15 is 0 Å². The van der Waals surface area contributed by atoms with Gasteiger partial charge in [0.05, 0.1) is 17.2 Å². The van der Waals surface area contributed by atoms with E-state index in [9.17, 15) is 14.7 Å². The average Bonchev–Trinajstić information content (AvgIpc) is 3.07. The van der Waals surface area contributed by atoms with E-state index < -0.39 is 11.9 Å². The van der Waals surface area contributed by atoms with Gasteiger partial charge in [-0.15, -0.1) is 0 Å². The smallest absolute Gasteiger partial charge is 0.308 e. The van der Waals surface area contributed by atoms with E-state index in [-0.39, 0.29) is 12.5 Å². The Morgan fingerprint density at radius 3 is 2.30 bits per heavy atom. The van der Waals surface area contributed by atoms with Crippen molar-refractivity contribution in [2.75, 3.05) is 6.54 Å². The minimum absolute atomic E-state index is 0.0206. The number of hydrogen-bond acceptors (Lipinski definition) is 5. The van der Waals surface area contributed by atoms with Gasteiger partial charge in [0.2, 0.25) is 0 Å². The number of carboxylic acid groups (broad SMARTS) is 1. The standard InChI is InChI=1S/C22H25N5O3/c1-13-5-7-17(8-6-13)10-18(21(29)30)11-23-20(28)19-12-27(26-16(19)4)22-24-14(2)9-15(3)25-22/h5-9,12,18H,10-11H2,1-4H3,(H,23,28)(H,29,30). The van der Waals surface area contributed by atoms with Crippen LogP contribution in [0.3, 0.4) is 0 Å². The number of rotatable bonds is 7. The molecule has 0 saturated heterocycles. The molecule has 156 valence electrons. The first-order chi connectivity index (χ1) is 14.2. The van der Waals surface area contributed by atoms with Crippen LogP contribution in [0.4, 0.5) is 0 Å². The summed E-state index contributed by atoms with van der Waals surface area (Å²) in [6.07, 6.45) is 1.90. The molecule has 0 aliphatic heterocycles. The van der Waals surface area contributed by atoms with E-state index in [0.717, 1.165) is 22.5 Å². The largest absolute Gasteiger partial charge is 0.481 e. The Labute approximate surface area is 175 Å². The van der Waals surface area contributed by atoms with Crippen molar-refractivity contribution < 1.29 is 14.7 Å². The molecule has 3 rings (SSSR count). The van der Waals surface area contributed by atoms with Crippen molar-refractivity contribution in [2.45, 2.75) is 34.1 Å².